The lowest BCUT2D eigenvalue weighted by molar-refractivity contribution is -0.139. The van der Waals surface area contributed by atoms with Crippen LogP contribution in [0.5, 0.6) is 0 Å². The molecule has 3 rings (SSSR count). The summed E-state index contributed by atoms with van der Waals surface area (Å²) in [4.78, 5) is 44.0. The zero-order valence-corrected chi connectivity index (χ0v) is 21.1. The van der Waals surface area contributed by atoms with E-state index in [1.54, 1.807) is 14.0 Å². The molecule has 0 radical (unpaired) electrons. The largest absolute Gasteiger partial charge is 0.463 e. The Morgan fingerprint density at radius 2 is 1.88 bits per heavy atom. The first-order chi connectivity index (χ1) is 16.1. The van der Waals surface area contributed by atoms with Gasteiger partial charge < -0.3 is 20.3 Å². The van der Waals surface area contributed by atoms with Gasteiger partial charge >= 0.3 is 18.0 Å². The second-order valence-corrected chi connectivity index (χ2v) is 9.31. The van der Waals surface area contributed by atoms with Crippen LogP contribution in [-0.4, -0.2) is 84.6 Å². The molecule has 2 heterocycles. The summed E-state index contributed by atoms with van der Waals surface area (Å²) in [5.74, 6) is -0.432. The second kappa shape index (κ2) is 10.9. The standard InChI is InChI=1S/C25H37N5O4/c1-7-34-23(31)21-20(15-29-12-13-30(18(5)14-29)25(33)26-16(2)3)28(6)24(32)27-22(21)19-10-8-17(4)9-11-19/h8-11,16,18,22H,7,12-15H2,1-6H3,(H,26,33)(H,27,32)/t18-,22-/m1/s1. The molecule has 1 aromatic carbocycles. The van der Waals surface area contributed by atoms with Crippen LogP contribution >= 0.6 is 0 Å². The molecule has 2 N–H and O–H groups in total. The van der Waals surface area contributed by atoms with E-state index in [0.29, 0.717) is 37.4 Å². The predicted octanol–water partition coefficient (Wildman–Crippen LogP) is 2.63. The third-order valence-electron chi connectivity index (χ3n) is 6.24. The molecule has 9 heteroatoms. The number of ether oxygens (including phenoxy) is 1. The average Bonchev–Trinajstić information content (AvgIpc) is 2.77. The number of likely N-dealkylation sites (N-methyl/N-ethyl adjacent to an activating group) is 1. The summed E-state index contributed by atoms with van der Waals surface area (Å²) < 4.78 is 5.41. The zero-order valence-electron chi connectivity index (χ0n) is 21.1. The molecule has 186 valence electrons. The van der Waals surface area contributed by atoms with Crippen molar-refractivity contribution in [3.05, 3.63) is 46.7 Å². The van der Waals surface area contributed by atoms with Gasteiger partial charge in [-0.05, 0) is 40.2 Å². The summed E-state index contributed by atoms with van der Waals surface area (Å²) in [6.45, 7) is 12.2. The molecule has 34 heavy (non-hydrogen) atoms. The molecule has 1 saturated heterocycles. The van der Waals surface area contributed by atoms with Crippen LogP contribution in [0, 0.1) is 6.92 Å². The van der Waals surface area contributed by atoms with Crippen molar-refractivity contribution in [3.63, 3.8) is 0 Å². The van der Waals surface area contributed by atoms with Gasteiger partial charge in [-0.25, -0.2) is 14.4 Å². The maximum atomic E-state index is 13.1. The molecule has 1 fully saturated rings. The number of urea groups is 2. The monoisotopic (exact) mass is 471 g/mol. The first kappa shape index (κ1) is 25.6. The molecule has 0 bridgehead atoms. The number of esters is 1. The molecule has 0 unspecified atom stereocenters. The van der Waals surface area contributed by atoms with Crippen LogP contribution in [0.15, 0.2) is 35.5 Å². The SMILES string of the molecule is CCOC(=O)C1=C(CN2CCN(C(=O)NC(C)C)[C@H](C)C2)N(C)C(=O)N[C@@H]1c1ccc(C)cc1. The first-order valence-corrected chi connectivity index (χ1v) is 11.9. The summed E-state index contributed by atoms with van der Waals surface area (Å²) in [6, 6.07) is 6.93. The van der Waals surface area contributed by atoms with Gasteiger partial charge in [0.05, 0.1) is 18.2 Å². The van der Waals surface area contributed by atoms with Gasteiger partial charge in [-0.2, -0.15) is 0 Å². The number of benzene rings is 1. The number of hydrogen-bond acceptors (Lipinski definition) is 5. The molecule has 1 aromatic rings. The fourth-order valence-electron chi connectivity index (χ4n) is 4.43. The van der Waals surface area contributed by atoms with E-state index in [1.807, 2.05) is 56.9 Å². The fraction of sp³-hybridized carbons (Fsp3) is 0.560. The van der Waals surface area contributed by atoms with Crippen molar-refractivity contribution in [1.82, 2.24) is 25.3 Å². The van der Waals surface area contributed by atoms with Gasteiger partial charge in [0.25, 0.3) is 0 Å². The fourth-order valence-corrected chi connectivity index (χ4v) is 4.43. The summed E-state index contributed by atoms with van der Waals surface area (Å²) in [5.41, 5.74) is 3.00. The molecule has 2 aliphatic rings. The Morgan fingerprint density at radius 1 is 1.21 bits per heavy atom. The number of nitrogens with zero attached hydrogens (tertiary/aromatic N) is 3. The number of rotatable bonds is 6. The van der Waals surface area contributed by atoms with E-state index in [4.69, 9.17) is 4.74 Å². The van der Waals surface area contributed by atoms with E-state index < -0.39 is 12.0 Å². The van der Waals surface area contributed by atoms with Crippen molar-refractivity contribution < 1.29 is 19.1 Å². The molecule has 4 amide bonds. The van der Waals surface area contributed by atoms with E-state index in [1.165, 1.54) is 4.90 Å². The third kappa shape index (κ3) is 5.70. The number of carbonyl (C=O) groups is 3. The summed E-state index contributed by atoms with van der Waals surface area (Å²) in [6.07, 6.45) is 0. The smallest absolute Gasteiger partial charge is 0.338 e. The van der Waals surface area contributed by atoms with E-state index in [9.17, 15) is 14.4 Å². The van der Waals surface area contributed by atoms with E-state index >= 15 is 0 Å². The quantitative estimate of drug-likeness (QED) is 0.622. The Labute approximate surface area is 202 Å². The number of hydrogen-bond donors (Lipinski definition) is 2. The molecule has 0 aromatic heterocycles. The van der Waals surface area contributed by atoms with Crippen LogP contribution in [0.3, 0.4) is 0 Å². The maximum Gasteiger partial charge on any atom is 0.338 e. The molecule has 0 aliphatic carbocycles. The van der Waals surface area contributed by atoms with Crippen LogP contribution in [0.25, 0.3) is 0 Å². The minimum atomic E-state index is -0.589. The Balaban J connectivity index is 1.89. The Hall–Kier alpha value is -3.07. The summed E-state index contributed by atoms with van der Waals surface area (Å²) in [5, 5.41) is 5.91. The topological polar surface area (TPSA) is 94.2 Å². The molecular formula is C25H37N5O4. The highest BCUT2D eigenvalue weighted by Gasteiger charge is 2.38. The van der Waals surface area contributed by atoms with Crippen molar-refractivity contribution in [2.24, 2.45) is 0 Å². The van der Waals surface area contributed by atoms with Crippen molar-refractivity contribution >= 4 is 18.0 Å². The lowest BCUT2D eigenvalue weighted by atomic mass is 9.93. The number of nitrogens with one attached hydrogen (secondary N) is 2. The number of aryl methyl sites for hydroxylation is 1. The number of piperazine rings is 1. The molecule has 0 saturated carbocycles. The maximum absolute atomic E-state index is 13.1. The Bertz CT molecular complexity index is 943. The van der Waals surface area contributed by atoms with Gasteiger partial charge in [0.1, 0.15) is 0 Å². The van der Waals surface area contributed by atoms with Crippen molar-refractivity contribution in [1.29, 1.82) is 0 Å². The molecule has 2 aliphatic heterocycles. The third-order valence-corrected chi connectivity index (χ3v) is 6.24. The first-order valence-electron chi connectivity index (χ1n) is 11.9. The lowest BCUT2D eigenvalue weighted by Gasteiger charge is -2.42. The van der Waals surface area contributed by atoms with Gasteiger partial charge in [-0.1, -0.05) is 29.8 Å². The molecular weight excluding hydrogens is 434 g/mol. The van der Waals surface area contributed by atoms with Crippen LogP contribution in [0.4, 0.5) is 9.59 Å². The van der Waals surface area contributed by atoms with Crippen LogP contribution < -0.4 is 10.6 Å². The van der Waals surface area contributed by atoms with E-state index in [2.05, 4.69) is 15.5 Å². The van der Waals surface area contributed by atoms with Gasteiger partial charge in [0, 0.05) is 51.0 Å². The molecule has 2 atom stereocenters. The van der Waals surface area contributed by atoms with Gasteiger partial charge in [0.2, 0.25) is 0 Å². The highest BCUT2D eigenvalue weighted by atomic mass is 16.5. The van der Waals surface area contributed by atoms with Gasteiger partial charge in [-0.15, -0.1) is 0 Å². The van der Waals surface area contributed by atoms with Crippen LogP contribution in [0.2, 0.25) is 0 Å². The second-order valence-electron chi connectivity index (χ2n) is 9.31. The van der Waals surface area contributed by atoms with Gasteiger partial charge in [0.15, 0.2) is 0 Å². The van der Waals surface area contributed by atoms with E-state index in [-0.39, 0.29) is 30.8 Å². The normalized spacial score (nSPS) is 21.6. The summed E-state index contributed by atoms with van der Waals surface area (Å²) in [7, 11) is 1.67. The minimum Gasteiger partial charge on any atom is -0.463 e. The minimum absolute atomic E-state index is 0.00485. The summed E-state index contributed by atoms with van der Waals surface area (Å²) >= 11 is 0. The zero-order chi connectivity index (χ0) is 25.0. The van der Waals surface area contributed by atoms with Crippen molar-refractivity contribution in [3.8, 4) is 0 Å². The molecule has 9 nitrogen and oxygen atoms in total. The highest BCUT2D eigenvalue weighted by molar-refractivity contribution is 5.95. The van der Waals surface area contributed by atoms with E-state index in [0.717, 1.165) is 11.1 Å². The van der Waals surface area contributed by atoms with Crippen molar-refractivity contribution in [2.45, 2.75) is 52.7 Å². The number of carbonyl (C=O) groups excluding carboxylic acids is 3. The average molecular weight is 472 g/mol. The number of amides is 4. The van der Waals surface area contributed by atoms with Crippen LogP contribution in [0.1, 0.15) is 44.9 Å². The lowest BCUT2D eigenvalue weighted by Crippen LogP contribution is -2.58. The highest BCUT2D eigenvalue weighted by Crippen LogP contribution is 2.32. The molecule has 0 spiro atoms. The Morgan fingerprint density at radius 3 is 2.47 bits per heavy atom. The van der Waals surface area contributed by atoms with Crippen LogP contribution in [-0.2, 0) is 9.53 Å². The van der Waals surface area contributed by atoms with Gasteiger partial charge in [-0.3, -0.25) is 9.80 Å². The Kier molecular flexibility index (Phi) is 8.19. The van der Waals surface area contributed by atoms with Crippen molar-refractivity contribution in [2.75, 3.05) is 39.8 Å². The predicted molar refractivity (Wildman–Crippen MR) is 130 cm³/mol.